The predicted molar refractivity (Wildman–Crippen MR) is 90.8 cm³/mol. The van der Waals surface area contributed by atoms with Gasteiger partial charge in [0.05, 0.1) is 11.4 Å². The van der Waals surface area contributed by atoms with E-state index in [2.05, 4.69) is 37.3 Å². The summed E-state index contributed by atoms with van der Waals surface area (Å²) in [4.78, 5) is 0. The van der Waals surface area contributed by atoms with Gasteiger partial charge in [-0.1, -0.05) is 51.1 Å². The second kappa shape index (κ2) is 5.44. The number of nitrogens with zero attached hydrogens (tertiary/aromatic N) is 1. The highest BCUT2D eigenvalue weighted by atomic mass is 32.2. The van der Waals surface area contributed by atoms with Gasteiger partial charge in [0.2, 0.25) is 0 Å². The van der Waals surface area contributed by atoms with Crippen molar-refractivity contribution in [2.24, 2.45) is 21.1 Å². The van der Waals surface area contributed by atoms with Crippen LogP contribution < -0.4 is 0 Å². The number of rotatable bonds is 4. The Hall–Kier alpha value is -0.800. The summed E-state index contributed by atoms with van der Waals surface area (Å²) in [6.07, 6.45) is 4.87. The van der Waals surface area contributed by atoms with Crippen molar-refractivity contribution in [3.05, 3.63) is 35.9 Å². The molecule has 0 spiro atoms. The van der Waals surface area contributed by atoms with E-state index in [4.69, 9.17) is 4.74 Å². The molecule has 4 atom stereocenters. The molecule has 0 aromatic heterocycles. The van der Waals surface area contributed by atoms with Crippen molar-refractivity contribution >= 4 is 18.2 Å². The van der Waals surface area contributed by atoms with E-state index in [-0.39, 0.29) is 5.41 Å². The molecule has 114 valence electrons. The summed E-state index contributed by atoms with van der Waals surface area (Å²) in [6, 6.07) is 10.3. The van der Waals surface area contributed by atoms with Crippen LogP contribution in [0, 0.1) is 16.7 Å². The summed E-state index contributed by atoms with van der Waals surface area (Å²) in [7, 11) is 1.86. The van der Waals surface area contributed by atoms with Crippen molar-refractivity contribution in [2.45, 2.75) is 45.0 Å². The zero-order valence-electron chi connectivity index (χ0n) is 13.4. The minimum Gasteiger partial charge on any atom is -0.380 e. The fourth-order valence-corrected chi connectivity index (χ4v) is 5.91. The lowest BCUT2D eigenvalue weighted by molar-refractivity contribution is -0.0176. The molecule has 3 rings (SSSR count). The molecule has 2 nitrogen and oxygen atoms in total. The first kappa shape index (κ1) is 15.1. The lowest BCUT2D eigenvalue weighted by Crippen LogP contribution is -2.39. The molecule has 2 aliphatic rings. The second-order valence-electron chi connectivity index (χ2n) is 7.16. The Morgan fingerprint density at radius 1 is 1.24 bits per heavy atom. The van der Waals surface area contributed by atoms with Crippen LogP contribution in [0.4, 0.5) is 0 Å². The number of hydrogen-bond donors (Lipinski definition) is 0. The number of fused-ring (bicyclic) bond motifs is 2. The third-order valence-electron chi connectivity index (χ3n) is 6.13. The standard InChI is InChI=1S/C18H25NOS/c1-17(2)14-10-11-18(17,3)16(20-4)15(14)21-19-12-13-8-6-5-7-9-13/h5-9,12,14-16H,10-11H2,1-4H3/b19-12+/t14-,15-,16-,18+/m1/s1. The molecule has 0 aliphatic heterocycles. The summed E-state index contributed by atoms with van der Waals surface area (Å²) in [5, 5.41) is 0.476. The molecular formula is C18H25NOS. The Bertz CT molecular complexity index is 527. The normalized spacial score (nSPS) is 37.4. The molecule has 21 heavy (non-hydrogen) atoms. The Morgan fingerprint density at radius 3 is 2.62 bits per heavy atom. The Kier molecular flexibility index (Phi) is 3.91. The number of hydrogen-bond acceptors (Lipinski definition) is 3. The number of methoxy groups -OCH3 is 1. The zero-order chi connectivity index (χ0) is 15.1. The largest absolute Gasteiger partial charge is 0.380 e. The summed E-state index contributed by atoms with van der Waals surface area (Å²) in [5.41, 5.74) is 1.78. The van der Waals surface area contributed by atoms with E-state index in [0.29, 0.717) is 22.7 Å². The van der Waals surface area contributed by atoms with Gasteiger partial charge in [-0.3, -0.25) is 0 Å². The molecule has 2 fully saturated rings. The van der Waals surface area contributed by atoms with Crippen LogP contribution in [-0.2, 0) is 4.74 Å². The van der Waals surface area contributed by atoms with Crippen LogP contribution in [0.5, 0.6) is 0 Å². The lowest BCUT2D eigenvalue weighted by atomic mass is 9.70. The topological polar surface area (TPSA) is 21.6 Å². The fourth-order valence-electron chi connectivity index (χ4n) is 4.44. The van der Waals surface area contributed by atoms with Gasteiger partial charge < -0.3 is 4.74 Å². The minimum atomic E-state index is 0.284. The predicted octanol–water partition coefficient (Wildman–Crippen LogP) is 4.59. The molecule has 3 heteroatoms. The van der Waals surface area contributed by atoms with Gasteiger partial charge in [-0.2, -0.15) is 0 Å². The van der Waals surface area contributed by atoms with Crippen LogP contribution in [0.25, 0.3) is 0 Å². The molecule has 0 N–H and O–H groups in total. The molecule has 2 bridgehead atoms. The first-order valence-electron chi connectivity index (χ1n) is 7.78. The van der Waals surface area contributed by atoms with E-state index >= 15 is 0 Å². The van der Waals surface area contributed by atoms with E-state index in [1.54, 1.807) is 11.9 Å². The van der Waals surface area contributed by atoms with Gasteiger partial charge in [-0.15, -0.1) is 0 Å². The second-order valence-corrected chi connectivity index (χ2v) is 8.12. The van der Waals surface area contributed by atoms with Gasteiger partial charge >= 0.3 is 0 Å². The molecule has 1 aromatic rings. The highest BCUT2D eigenvalue weighted by molar-refractivity contribution is 7.98. The molecule has 1 aromatic carbocycles. The van der Waals surface area contributed by atoms with Crippen LogP contribution in [0.1, 0.15) is 39.2 Å². The highest BCUT2D eigenvalue weighted by Crippen LogP contribution is 2.68. The monoisotopic (exact) mass is 303 g/mol. The SMILES string of the molecule is CO[C@@H]1[C@H](S/N=C/c2ccccc2)[C@H]2CC[C@]1(C)C2(C)C. The van der Waals surface area contributed by atoms with Crippen molar-refractivity contribution in [3.63, 3.8) is 0 Å². The van der Waals surface area contributed by atoms with E-state index in [9.17, 15) is 0 Å². The smallest absolute Gasteiger partial charge is 0.0769 e. The van der Waals surface area contributed by atoms with Gasteiger partial charge in [0.15, 0.2) is 0 Å². The molecular weight excluding hydrogens is 278 g/mol. The average Bonchev–Trinajstić information content (AvgIpc) is 2.79. The molecule has 0 amide bonds. The Labute approximate surface area is 132 Å². The maximum atomic E-state index is 5.90. The first-order chi connectivity index (χ1) is 10.0. The molecule has 0 radical (unpaired) electrons. The van der Waals surface area contributed by atoms with Gasteiger partial charge in [0.25, 0.3) is 0 Å². The highest BCUT2D eigenvalue weighted by Gasteiger charge is 2.66. The van der Waals surface area contributed by atoms with Crippen molar-refractivity contribution in [1.29, 1.82) is 0 Å². The lowest BCUT2D eigenvalue weighted by Gasteiger charge is -2.38. The van der Waals surface area contributed by atoms with E-state index in [1.165, 1.54) is 12.8 Å². The Balaban J connectivity index is 1.76. The number of ether oxygens (including phenoxy) is 1. The molecule has 0 unspecified atom stereocenters. The van der Waals surface area contributed by atoms with Crippen molar-refractivity contribution in [3.8, 4) is 0 Å². The van der Waals surface area contributed by atoms with Crippen LogP contribution >= 0.6 is 11.9 Å². The molecule has 0 saturated heterocycles. The third-order valence-corrected chi connectivity index (χ3v) is 7.18. The number of benzene rings is 1. The molecule has 2 saturated carbocycles. The minimum absolute atomic E-state index is 0.284. The van der Waals surface area contributed by atoms with Crippen LogP contribution in [0.2, 0.25) is 0 Å². The quantitative estimate of drug-likeness (QED) is 0.599. The fraction of sp³-hybridized carbons (Fsp3) is 0.611. The van der Waals surface area contributed by atoms with Crippen LogP contribution in [0.15, 0.2) is 34.7 Å². The van der Waals surface area contributed by atoms with E-state index < -0.39 is 0 Å². The van der Waals surface area contributed by atoms with Crippen molar-refractivity contribution in [1.82, 2.24) is 0 Å². The van der Waals surface area contributed by atoms with Gasteiger partial charge in [-0.25, -0.2) is 4.40 Å². The van der Waals surface area contributed by atoms with Gasteiger partial charge in [-0.05, 0) is 41.7 Å². The Morgan fingerprint density at radius 2 is 1.95 bits per heavy atom. The van der Waals surface area contributed by atoms with Crippen molar-refractivity contribution in [2.75, 3.05) is 7.11 Å². The van der Waals surface area contributed by atoms with E-state index in [1.807, 2.05) is 31.5 Å². The maximum absolute atomic E-state index is 5.90. The zero-order valence-corrected chi connectivity index (χ0v) is 14.2. The summed E-state index contributed by atoms with van der Waals surface area (Å²) < 4.78 is 10.6. The third kappa shape index (κ3) is 2.25. The first-order valence-corrected chi connectivity index (χ1v) is 8.61. The van der Waals surface area contributed by atoms with Crippen molar-refractivity contribution < 1.29 is 4.74 Å². The molecule has 2 aliphatic carbocycles. The van der Waals surface area contributed by atoms with Crippen LogP contribution in [0.3, 0.4) is 0 Å². The maximum Gasteiger partial charge on any atom is 0.0769 e. The van der Waals surface area contributed by atoms with Crippen LogP contribution in [-0.4, -0.2) is 24.7 Å². The summed E-state index contributed by atoms with van der Waals surface area (Å²) in [6.45, 7) is 7.24. The summed E-state index contributed by atoms with van der Waals surface area (Å²) >= 11 is 1.72. The molecule has 0 heterocycles. The van der Waals surface area contributed by atoms with Gasteiger partial charge in [0.1, 0.15) is 0 Å². The average molecular weight is 303 g/mol. The van der Waals surface area contributed by atoms with Gasteiger partial charge in [0, 0.05) is 18.7 Å². The van der Waals surface area contributed by atoms with E-state index in [0.717, 1.165) is 5.56 Å². The summed E-state index contributed by atoms with van der Waals surface area (Å²) in [5.74, 6) is 0.699.